The molecule has 0 bridgehead atoms. The van der Waals surface area contributed by atoms with Crippen molar-refractivity contribution in [1.82, 2.24) is 0 Å². The third-order valence-electron chi connectivity index (χ3n) is 9.30. The lowest BCUT2D eigenvalue weighted by atomic mass is 10.0. The summed E-state index contributed by atoms with van der Waals surface area (Å²) in [5, 5.41) is 0. The zero-order valence-electron chi connectivity index (χ0n) is 34.6. The molecule has 1 N–H and O–H groups in total. The van der Waals surface area contributed by atoms with Crippen molar-refractivity contribution >= 4 is 19.8 Å². The fraction of sp³-hybridized carbons (Fsp3) is 0.905. The summed E-state index contributed by atoms with van der Waals surface area (Å²) in [7, 11) is 1.48. The molecule has 10 heteroatoms. The van der Waals surface area contributed by atoms with Crippen LogP contribution in [0.15, 0.2) is 12.2 Å². The summed E-state index contributed by atoms with van der Waals surface area (Å²) in [4.78, 5) is 35.3. The molecular formula is C42H83NO8P+. The predicted octanol–water partition coefficient (Wildman–Crippen LogP) is 11.8. The van der Waals surface area contributed by atoms with Gasteiger partial charge in [0.25, 0.3) is 0 Å². The molecule has 0 fully saturated rings. The van der Waals surface area contributed by atoms with Crippen molar-refractivity contribution in [2.45, 2.75) is 200 Å². The number of phosphoric ester groups is 1. The molecule has 0 amide bonds. The summed E-state index contributed by atoms with van der Waals surface area (Å²) in [5.41, 5.74) is 0. The number of hydrogen-bond acceptors (Lipinski definition) is 7. The monoisotopic (exact) mass is 761 g/mol. The average molecular weight is 761 g/mol. The fourth-order valence-electron chi connectivity index (χ4n) is 5.89. The van der Waals surface area contributed by atoms with E-state index in [9.17, 15) is 19.0 Å². The summed E-state index contributed by atoms with van der Waals surface area (Å²) < 4.78 is 34.3. The highest BCUT2D eigenvalue weighted by Crippen LogP contribution is 2.43. The summed E-state index contributed by atoms with van der Waals surface area (Å²) in [5.74, 6) is -0.801. The van der Waals surface area contributed by atoms with Gasteiger partial charge in [-0.15, -0.1) is 0 Å². The molecule has 9 nitrogen and oxygen atoms in total. The Bertz CT molecular complexity index is 907. The van der Waals surface area contributed by atoms with Crippen LogP contribution in [0.25, 0.3) is 0 Å². The maximum atomic E-state index is 12.7. The van der Waals surface area contributed by atoms with Crippen molar-refractivity contribution in [3.05, 3.63) is 12.2 Å². The Morgan fingerprint density at radius 3 is 1.42 bits per heavy atom. The SMILES string of the molecule is CCCCCCC/C=C\CCCCCCCC(=O)OC(COC(=O)CCCCCCCCCCCCCCCC)COP(=O)(O)OCC[N+](C)(C)C. The van der Waals surface area contributed by atoms with Crippen LogP contribution in [0.5, 0.6) is 0 Å². The molecular weight excluding hydrogens is 677 g/mol. The smallest absolute Gasteiger partial charge is 0.462 e. The van der Waals surface area contributed by atoms with Crippen LogP contribution >= 0.6 is 7.82 Å². The topological polar surface area (TPSA) is 108 Å². The van der Waals surface area contributed by atoms with Crippen LogP contribution in [0.3, 0.4) is 0 Å². The fourth-order valence-corrected chi connectivity index (χ4v) is 6.63. The zero-order valence-corrected chi connectivity index (χ0v) is 35.5. The van der Waals surface area contributed by atoms with Crippen LogP contribution in [0.2, 0.25) is 0 Å². The number of ether oxygens (including phenoxy) is 2. The maximum Gasteiger partial charge on any atom is 0.472 e. The van der Waals surface area contributed by atoms with E-state index in [0.29, 0.717) is 23.9 Å². The van der Waals surface area contributed by atoms with Crippen LogP contribution in [0.4, 0.5) is 0 Å². The Labute approximate surface area is 320 Å². The Hall–Kier alpha value is -1.25. The van der Waals surface area contributed by atoms with E-state index in [2.05, 4.69) is 26.0 Å². The van der Waals surface area contributed by atoms with Crippen molar-refractivity contribution in [2.75, 3.05) is 47.5 Å². The lowest BCUT2D eigenvalue weighted by Gasteiger charge is -2.24. The number of allylic oxidation sites excluding steroid dienone is 2. The van der Waals surface area contributed by atoms with Gasteiger partial charge in [0.05, 0.1) is 27.7 Å². The predicted molar refractivity (Wildman–Crippen MR) is 215 cm³/mol. The summed E-state index contributed by atoms with van der Waals surface area (Å²) >= 11 is 0. The molecule has 0 saturated heterocycles. The van der Waals surface area contributed by atoms with Crippen molar-refractivity contribution in [1.29, 1.82) is 0 Å². The van der Waals surface area contributed by atoms with Gasteiger partial charge in [-0.3, -0.25) is 18.6 Å². The van der Waals surface area contributed by atoms with E-state index in [1.54, 1.807) is 0 Å². The Morgan fingerprint density at radius 2 is 0.981 bits per heavy atom. The second-order valence-electron chi connectivity index (χ2n) is 15.7. The van der Waals surface area contributed by atoms with Gasteiger partial charge in [0.1, 0.15) is 19.8 Å². The molecule has 0 spiro atoms. The first kappa shape index (κ1) is 50.8. The van der Waals surface area contributed by atoms with Gasteiger partial charge in [-0.1, -0.05) is 154 Å². The normalized spacial score (nSPS) is 13.7. The highest BCUT2D eigenvalue weighted by atomic mass is 31.2. The standard InChI is InChI=1S/C42H82NO8P/c1-6-8-10-12-14-16-18-20-22-24-26-28-30-32-34-41(44)48-38-40(39-50-52(46,47)49-37-36-43(3,4)5)51-42(45)35-33-31-29-27-25-23-21-19-17-15-13-11-9-7-2/h19,21,40H,6-18,20,22-39H2,1-5H3/p+1/b21-19-. The van der Waals surface area contributed by atoms with Crippen molar-refractivity contribution < 1.29 is 42.1 Å². The number of carbonyl (C=O) groups is 2. The van der Waals surface area contributed by atoms with Gasteiger partial charge in [0.2, 0.25) is 0 Å². The first-order chi connectivity index (χ1) is 25.0. The summed E-state index contributed by atoms with van der Waals surface area (Å²) in [6.45, 7) is 4.42. The van der Waals surface area contributed by atoms with E-state index in [0.717, 1.165) is 51.4 Å². The highest BCUT2D eigenvalue weighted by molar-refractivity contribution is 7.47. The molecule has 0 aliphatic carbocycles. The van der Waals surface area contributed by atoms with E-state index in [1.165, 1.54) is 109 Å². The van der Waals surface area contributed by atoms with Gasteiger partial charge in [0.15, 0.2) is 6.10 Å². The number of nitrogens with zero attached hydrogens (tertiary/aromatic N) is 1. The molecule has 0 saturated carbocycles. The summed E-state index contributed by atoms with van der Waals surface area (Å²) in [6, 6.07) is 0. The largest absolute Gasteiger partial charge is 0.472 e. The lowest BCUT2D eigenvalue weighted by molar-refractivity contribution is -0.870. The first-order valence-electron chi connectivity index (χ1n) is 21.4. The maximum absolute atomic E-state index is 12.7. The molecule has 0 aromatic heterocycles. The Balaban J connectivity index is 4.37. The molecule has 2 unspecified atom stereocenters. The number of phosphoric acid groups is 1. The second-order valence-corrected chi connectivity index (χ2v) is 17.2. The number of rotatable bonds is 39. The minimum atomic E-state index is -4.37. The number of hydrogen-bond donors (Lipinski definition) is 1. The third-order valence-corrected chi connectivity index (χ3v) is 10.3. The van der Waals surface area contributed by atoms with Crippen molar-refractivity contribution in [3.8, 4) is 0 Å². The van der Waals surface area contributed by atoms with E-state index in [-0.39, 0.29) is 25.6 Å². The van der Waals surface area contributed by atoms with Crippen molar-refractivity contribution in [2.24, 2.45) is 0 Å². The van der Waals surface area contributed by atoms with Crippen LogP contribution in [-0.4, -0.2) is 74.9 Å². The average Bonchev–Trinajstić information content (AvgIpc) is 3.09. The molecule has 308 valence electrons. The van der Waals surface area contributed by atoms with Gasteiger partial charge >= 0.3 is 19.8 Å². The van der Waals surface area contributed by atoms with Crippen LogP contribution < -0.4 is 0 Å². The quantitative estimate of drug-likeness (QED) is 0.0217. The van der Waals surface area contributed by atoms with Gasteiger partial charge in [-0.05, 0) is 38.5 Å². The van der Waals surface area contributed by atoms with Gasteiger partial charge in [-0.25, -0.2) is 4.57 Å². The highest BCUT2D eigenvalue weighted by Gasteiger charge is 2.27. The first-order valence-corrected chi connectivity index (χ1v) is 22.9. The lowest BCUT2D eigenvalue weighted by Crippen LogP contribution is -2.37. The minimum absolute atomic E-state index is 0.0331. The molecule has 0 heterocycles. The van der Waals surface area contributed by atoms with Gasteiger partial charge in [0, 0.05) is 12.8 Å². The molecule has 52 heavy (non-hydrogen) atoms. The molecule has 0 aromatic rings. The second kappa shape index (κ2) is 35.5. The molecule has 0 radical (unpaired) electrons. The van der Waals surface area contributed by atoms with Crippen molar-refractivity contribution in [3.63, 3.8) is 0 Å². The van der Waals surface area contributed by atoms with E-state index in [1.807, 2.05) is 21.1 Å². The number of likely N-dealkylation sites (N-methyl/N-ethyl adjacent to an activating group) is 1. The number of quaternary nitrogens is 1. The number of carbonyl (C=O) groups excluding carboxylic acids is 2. The van der Waals surface area contributed by atoms with Gasteiger partial charge < -0.3 is 18.9 Å². The van der Waals surface area contributed by atoms with Crippen LogP contribution in [0, 0.1) is 0 Å². The molecule has 0 aliphatic heterocycles. The number of unbranched alkanes of at least 4 members (excludes halogenated alkanes) is 23. The molecule has 0 aliphatic rings. The molecule has 0 aromatic carbocycles. The molecule has 0 rings (SSSR count). The zero-order chi connectivity index (χ0) is 38.6. The third kappa shape index (κ3) is 38.5. The Morgan fingerprint density at radius 1 is 0.577 bits per heavy atom. The minimum Gasteiger partial charge on any atom is -0.462 e. The van der Waals surface area contributed by atoms with Gasteiger partial charge in [-0.2, -0.15) is 0 Å². The van der Waals surface area contributed by atoms with E-state index < -0.39 is 26.5 Å². The Kier molecular flexibility index (Phi) is 34.6. The van der Waals surface area contributed by atoms with E-state index >= 15 is 0 Å². The van der Waals surface area contributed by atoms with E-state index in [4.69, 9.17) is 18.5 Å². The molecule has 2 atom stereocenters. The van der Waals surface area contributed by atoms with Crippen LogP contribution in [0.1, 0.15) is 194 Å². The van der Waals surface area contributed by atoms with Crippen LogP contribution in [-0.2, 0) is 32.7 Å². The number of esters is 2. The summed E-state index contributed by atoms with van der Waals surface area (Å²) in [6.07, 6.45) is 35.3.